The van der Waals surface area contributed by atoms with Crippen LogP contribution in [0.4, 0.5) is 0 Å². The van der Waals surface area contributed by atoms with Gasteiger partial charge in [0.2, 0.25) is 10.0 Å². The zero-order chi connectivity index (χ0) is 10.9. The molecule has 0 bridgehead atoms. The molecule has 0 aliphatic carbocycles. The third-order valence-electron chi connectivity index (χ3n) is 2.43. The number of rotatable bonds is 2. The van der Waals surface area contributed by atoms with Crippen LogP contribution in [0.3, 0.4) is 0 Å². The average Bonchev–Trinajstić information content (AvgIpc) is 2.71. The molecule has 1 aromatic carbocycles. The quantitative estimate of drug-likeness (QED) is 0.756. The van der Waals surface area contributed by atoms with Crippen molar-refractivity contribution < 1.29 is 13.2 Å². The van der Waals surface area contributed by atoms with Gasteiger partial charge in [-0.15, -0.1) is 0 Å². The summed E-state index contributed by atoms with van der Waals surface area (Å²) in [6.45, 7) is 2.88. The van der Waals surface area contributed by atoms with Crippen LogP contribution in [-0.2, 0) is 14.8 Å². The summed E-state index contributed by atoms with van der Waals surface area (Å²) < 4.78 is 30.6. The number of ether oxygens (including phenoxy) is 1. The van der Waals surface area contributed by atoms with Crippen molar-refractivity contribution in [3.63, 3.8) is 0 Å². The maximum atomic E-state index is 12.1. The molecule has 4 nitrogen and oxygen atoms in total. The van der Waals surface area contributed by atoms with E-state index in [1.807, 2.05) is 6.07 Å². The minimum absolute atomic E-state index is 0.163. The molecule has 0 radical (unpaired) electrons. The summed E-state index contributed by atoms with van der Waals surface area (Å²) >= 11 is 0. The van der Waals surface area contributed by atoms with Crippen molar-refractivity contribution in [1.29, 1.82) is 0 Å². The molecule has 1 heterocycles. The standard InChI is InChI=1S/C10H13NO3S/c1-9-4-2-3-5-10(9)15(12,13)11-6-7-14-8-11/h2-5H,6-8H2,1H3. The fourth-order valence-corrected chi connectivity index (χ4v) is 3.10. The van der Waals surface area contributed by atoms with Crippen LogP contribution in [0.1, 0.15) is 5.56 Å². The molecule has 0 N–H and O–H groups in total. The average molecular weight is 227 g/mol. The number of hydrogen-bond acceptors (Lipinski definition) is 3. The summed E-state index contributed by atoms with van der Waals surface area (Å²) in [5.41, 5.74) is 0.768. The zero-order valence-electron chi connectivity index (χ0n) is 8.51. The van der Waals surface area contributed by atoms with Crippen LogP contribution >= 0.6 is 0 Å². The highest BCUT2D eigenvalue weighted by atomic mass is 32.2. The van der Waals surface area contributed by atoms with Gasteiger partial charge in [-0.1, -0.05) is 18.2 Å². The van der Waals surface area contributed by atoms with E-state index in [0.29, 0.717) is 18.0 Å². The second-order valence-electron chi connectivity index (χ2n) is 3.48. The Hall–Kier alpha value is -0.910. The Balaban J connectivity index is 2.41. The Kier molecular flexibility index (Phi) is 2.77. The molecular formula is C10H13NO3S. The molecule has 0 spiro atoms. The van der Waals surface area contributed by atoms with Gasteiger partial charge in [0.15, 0.2) is 0 Å². The van der Waals surface area contributed by atoms with E-state index in [-0.39, 0.29) is 6.73 Å². The zero-order valence-corrected chi connectivity index (χ0v) is 9.33. The van der Waals surface area contributed by atoms with Gasteiger partial charge in [0.25, 0.3) is 0 Å². The van der Waals surface area contributed by atoms with Gasteiger partial charge in [0.05, 0.1) is 11.5 Å². The van der Waals surface area contributed by atoms with E-state index in [4.69, 9.17) is 4.74 Å². The van der Waals surface area contributed by atoms with Crippen molar-refractivity contribution in [2.45, 2.75) is 11.8 Å². The van der Waals surface area contributed by atoms with Gasteiger partial charge in [0.1, 0.15) is 6.73 Å². The van der Waals surface area contributed by atoms with Crippen molar-refractivity contribution in [2.24, 2.45) is 0 Å². The molecule has 1 aliphatic rings. The van der Waals surface area contributed by atoms with Crippen molar-refractivity contribution in [1.82, 2.24) is 4.31 Å². The maximum Gasteiger partial charge on any atom is 0.245 e. The van der Waals surface area contributed by atoms with Crippen LogP contribution in [0.25, 0.3) is 0 Å². The SMILES string of the molecule is Cc1ccccc1S(=O)(=O)N1CCOC1. The smallest absolute Gasteiger partial charge is 0.245 e. The topological polar surface area (TPSA) is 46.6 Å². The first-order valence-electron chi connectivity index (χ1n) is 4.76. The Labute approximate surface area is 89.5 Å². The van der Waals surface area contributed by atoms with E-state index < -0.39 is 10.0 Å². The molecular weight excluding hydrogens is 214 g/mol. The Morgan fingerprint density at radius 2 is 2.07 bits per heavy atom. The maximum absolute atomic E-state index is 12.1. The summed E-state index contributed by atoms with van der Waals surface area (Å²) in [7, 11) is -3.36. The molecule has 0 aromatic heterocycles. The molecule has 2 rings (SSSR count). The van der Waals surface area contributed by atoms with E-state index in [2.05, 4.69) is 0 Å². The van der Waals surface area contributed by atoms with Crippen molar-refractivity contribution >= 4 is 10.0 Å². The molecule has 1 saturated heterocycles. The highest BCUT2D eigenvalue weighted by Crippen LogP contribution is 2.20. The van der Waals surface area contributed by atoms with Crippen molar-refractivity contribution in [2.75, 3.05) is 19.9 Å². The third-order valence-corrected chi connectivity index (χ3v) is 4.41. The molecule has 0 atom stereocenters. The van der Waals surface area contributed by atoms with Crippen LogP contribution in [-0.4, -0.2) is 32.6 Å². The summed E-state index contributed by atoms with van der Waals surface area (Å²) in [6, 6.07) is 6.98. The van der Waals surface area contributed by atoms with Gasteiger partial charge in [-0.3, -0.25) is 0 Å². The van der Waals surface area contributed by atoms with Crippen LogP contribution in [0.5, 0.6) is 0 Å². The van der Waals surface area contributed by atoms with Gasteiger partial charge in [0, 0.05) is 6.54 Å². The lowest BCUT2D eigenvalue weighted by Crippen LogP contribution is -2.28. The van der Waals surface area contributed by atoms with E-state index in [0.717, 1.165) is 5.56 Å². The number of sulfonamides is 1. The molecule has 1 aromatic rings. The minimum atomic E-state index is -3.36. The fraction of sp³-hybridized carbons (Fsp3) is 0.400. The highest BCUT2D eigenvalue weighted by Gasteiger charge is 2.28. The van der Waals surface area contributed by atoms with E-state index in [1.54, 1.807) is 25.1 Å². The van der Waals surface area contributed by atoms with E-state index in [1.165, 1.54) is 4.31 Å². The largest absolute Gasteiger partial charge is 0.364 e. The molecule has 0 unspecified atom stereocenters. The predicted octanol–water partition coefficient (Wildman–Crippen LogP) is 0.973. The van der Waals surface area contributed by atoms with Crippen molar-refractivity contribution in [3.05, 3.63) is 29.8 Å². The fourth-order valence-electron chi connectivity index (χ4n) is 1.57. The predicted molar refractivity (Wildman–Crippen MR) is 55.9 cm³/mol. The van der Waals surface area contributed by atoms with E-state index in [9.17, 15) is 8.42 Å². The first-order chi connectivity index (χ1) is 7.12. The summed E-state index contributed by atoms with van der Waals surface area (Å²) in [4.78, 5) is 0.371. The van der Waals surface area contributed by atoms with Crippen LogP contribution < -0.4 is 0 Å². The molecule has 15 heavy (non-hydrogen) atoms. The third kappa shape index (κ3) is 1.90. The van der Waals surface area contributed by atoms with Gasteiger partial charge in [-0.2, -0.15) is 4.31 Å². The number of hydrogen-bond donors (Lipinski definition) is 0. The molecule has 0 amide bonds. The summed E-state index contributed by atoms with van der Waals surface area (Å²) in [5, 5.41) is 0. The monoisotopic (exact) mass is 227 g/mol. The summed E-state index contributed by atoms with van der Waals surface area (Å²) in [5.74, 6) is 0. The normalized spacial score (nSPS) is 18.2. The Morgan fingerprint density at radius 3 is 2.67 bits per heavy atom. The second kappa shape index (κ2) is 3.92. The van der Waals surface area contributed by atoms with Crippen LogP contribution in [0.2, 0.25) is 0 Å². The Morgan fingerprint density at radius 1 is 1.33 bits per heavy atom. The van der Waals surface area contributed by atoms with E-state index >= 15 is 0 Å². The van der Waals surface area contributed by atoms with Crippen LogP contribution in [0.15, 0.2) is 29.2 Å². The molecule has 82 valence electrons. The molecule has 1 fully saturated rings. The van der Waals surface area contributed by atoms with Gasteiger partial charge < -0.3 is 4.74 Å². The lowest BCUT2D eigenvalue weighted by molar-refractivity contribution is 0.172. The second-order valence-corrected chi connectivity index (χ2v) is 5.39. The molecule has 1 aliphatic heterocycles. The van der Waals surface area contributed by atoms with Crippen molar-refractivity contribution in [3.8, 4) is 0 Å². The first-order valence-corrected chi connectivity index (χ1v) is 6.20. The van der Waals surface area contributed by atoms with Gasteiger partial charge >= 0.3 is 0 Å². The van der Waals surface area contributed by atoms with Crippen LogP contribution in [0, 0.1) is 6.92 Å². The lowest BCUT2D eigenvalue weighted by atomic mass is 10.2. The lowest BCUT2D eigenvalue weighted by Gasteiger charge is -2.15. The minimum Gasteiger partial charge on any atom is -0.364 e. The summed E-state index contributed by atoms with van der Waals surface area (Å²) in [6.07, 6.45) is 0. The molecule has 0 saturated carbocycles. The first kappa shape index (κ1) is 10.6. The van der Waals surface area contributed by atoms with Gasteiger partial charge in [-0.05, 0) is 18.6 Å². The van der Waals surface area contributed by atoms with Gasteiger partial charge in [-0.25, -0.2) is 8.42 Å². The molecule has 5 heteroatoms. The Bertz CT molecular complexity index is 449. The number of aryl methyl sites for hydroxylation is 1. The number of nitrogens with zero attached hydrogens (tertiary/aromatic N) is 1. The number of benzene rings is 1. The highest BCUT2D eigenvalue weighted by molar-refractivity contribution is 7.89.